The van der Waals surface area contributed by atoms with Gasteiger partial charge in [-0.25, -0.2) is 0 Å². The van der Waals surface area contributed by atoms with Crippen molar-refractivity contribution in [3.8, 4) is 0 Å². The zero-order chi connectivity index (χ0) is 12.8. The average molecular weight is 229 g/mol. The molecule has 1 amide bonds. The summed E-state index contributed by atoms with van der Waals surface area (Å²) in [5.41, 5.74) is -0.432. The van der Waals surface area contributed by atoms with E-state index in [0.717, 1.165) is 0 Å². The summed E-state index contributed by atoms with van der Waals surface area (Å²) in [6.07, 6.45) is 0.961. The molecular formula is C12H23NO3. The van der Waals surface area contributed by atoms with Gasteiger partial charge in [0.15, 0.2) is 0 Å². The van der Waals surface area contributed by atoms with Gasteiger partial charge in [0, 0.05) is 18.9 Å². The van der Waals surface area contributed by atoms with E-state index in [0.29, 0.717) is 19.4 Å². The predicted molar refractivity (Wildman–Crippen MR) is 62.9 cm³/mol. The van der Waals surface area contributed by atoms with Crippen LogP contribution in [0.1, 0.15) is 47.5 Å². The van der Waals surface area contributed by atoms with Gasteiger partial charge in [-0.2, -0.15) is 0 Å². The minimum Gasteiger partial charge on any atom is -0.460 e. The van der Waals surface area contributed by atoms with Crippen LogP contribution in [0.15, 0.2) is 0 Å². The summed E-state index contributed by atoms with van der Waals surface area (Å²) >= 11 is 0. The molecule has 16 heavy (non-hydrogen) atoms. The Morgan fingerprint density at radius 1 is 1.25 bits per heavy atom. The van der Waals surface area contributed by atoms with Crippen molar-refractivity contribution in [2.45, 2.75) is 53.1 Å². The molecule has 0 aromatic rings. The summed E-state index contributed by atoms with van der Waals surface area (Å²) < 4.78 is 5.14. The van der Waals surface area contributed by atoms with Crippen molar-refractivity contribution in [1.82, 2.24) is 5.32 Å². The molecule has 0 aliphatic carbocycles. The number of ether oxygens (including phenoxy) is 1. The van der Waals surface area contributed by atoms with Crippen molar-refractivity contribution >= 4 is 11.9 Å². The summed E-state index contributed by atoms with van der Waals surface area (Å²) in [6, 6.07) is 0. The summed E-state index contributed by atoms with van der Waals surface area (Å²) in [6.45, 7) is 9.71. The van der Waals surface area contributed by atoms with Crippen LogP contribution in [0.2, 0.25) is 0 Å². The topological polar surface area (TPSA) is 55.4 Å². The fourth-order valence-corrected chi connectivity index (χ4v) is 1.04. The Bertz CT molecular complexity index is 241. The number of hydrogen-bond acceptors (Lipinski definition) is 3. The van der Waals surface area contributed by atoms with E-state index in [1.54, 1.807) is 0 Å². The molecule has 4 nitrogen and oxygen atoms in total. The van der Waals surface area contributed by atoms with E-state index in [4.69, 9.17) is 4.74 Å². The highest BCUT2D eigenvalue weighted by molar-refractivity contribution is 5.77. The number of hydrogen-bond donors (Lipinski definition) is 1. The van der Waals surface area contributed by atoms with Gasteiger partial charge >= 0.3 is 5.97 Å². The second-order valence-electron chi connectivity index (χ2n) is 5.14. The zero-order valence-electron chi connectivity index (χ0n) is 10.9. The molecule has 0 aliphatic heterocycles. The Kier molecular flexibility index (Phi) is 6.08. The molecule has 0 aromatic heterocycles. The van der Waals surface area contributed by atoms with Crippen molar-refractivity contribution in [2.24, 2.45) is 5.92 Å². The van der Waals surface area contributed by atoms with Crippen LogP contribution in [0, 0.1) is 5.92 Å². The molecular weight excluding hydrogens is 206 g/mol. The molecule has 4 heteroatoms. The lowest BCUT2D eigenvalue weighted by Crippen LogP contribution is -2.29. The van der Waals surface area contributed by atoms with Crippen LogP contribution >= 0.6 is 0 Å². The number of nitrogens with one attached hydrogen (secondary N) is 1. The van der Waals surface area contributed by atoms with Gasteiger partial charge in [0.25, 0.3) is 0 Å². The largest absolute Gasteiger partial charge is 0.460 e. The first-order valence-corrected chi connectivity index (χ1v) is 5.72. The fourth-order valence-electron chi connectivity index (χ4n) is 1.04. The standard InChI is InChI=1S/C12H23NO3/c1-9(2)11(15)13-8-6-7-10(14)16-12(3,4)5/h9H,6-8H2,1-5H3,(H,13,15). The average Bonchev–Trinajstić information content (AvgIpc) is 2.08. The van der Waals surface area contributed by atoms with Gasteiger partial charge in [-0.05, 0) is 27.2 Å². The van der Waals surface area contributed by atoms with Gasteiger partial charge in [0.1, 0.15) is 5.60 Å². The lowest BCUT2D eigenvalue weighted by Gasteiger charge is -2.19. The van der Waals surface area contributed by atoms with E-state index in [1.807, 2.05) is 34.6 Å². The van der Waals surface area contributed by atoms with E-state index in [-0.39, 0.29) is 17.8 Å². The predicted octanol–water partition coefficient (Wildman–Crippen LogP) is 1.88. The highest BCUT2D eigenvalue weighted by atomic mass is 16.6. The van der Waals surface area contributed by atoms with Crippen LogP contribution < -0.4 is 5.32 Å². The molecule has 94 valence electrons. The minimum atomic E-state index is -0.432. The summed E-state index contributed by atoms with van der Waals surface area (Å²) in [5.74, 6) is -0.211. The van der Waals surface area contributed by atoms with Crippen LogP contribution in [-0.2, 0) is 14.3 Å². The molecule has 0 rings (SSSR count). The molecule has 0 aliphatic rings. The summed E-state index contributed by atoms with van der Waals surface area (Å²) in [4.78, 5) is 22.5. The van der Waals surface area contributed by atoms with Gasteiger partial charge < -0.3 is 10.1 Å². The normalized spacial score (nSPS) is 11.4. The number of esters is 1. The monoisotopic (exact) mass is 229 g/mol. The maximum Gasteiger partial charge on any atom is 0.306 e. The second-order valence-corrected chi connectivity index (χ2v) is 5.14. The molecule has 0 spiro atoms. The van der Waals surface area contributed by atoms with Gasteiger partial charge in [0.05, 0.1) is 0 Å². The first-order chi connectivity index (χ1) is 7.22. The molecule has 0 bridgehead atoms. The van der Waals surface area contributed by atoms with Crippen LogP contribution in [0.4, 0.5) is 0 Å². The molecule has 0 aromatic carbocycles. The highest BCUT2D eigenvalue weighted by Crippen LogP contribution is 2.08. The molecule has 0 unspecified atom stereocenters. The third kappa shape index (κ3) is 8.26. The van der Waals surface area contributed by atoms with Crippen molar-refractivity contribution in [3.05, 3.63) is 0 Å². The first kappa shape index (κ1) is 14.9. The molecule has 0 radical (unpaired) electrons. The molecule has 0 heterocycles. The Morgan fingerprint density at radius 2 is 1.81 bits per heavy atom. The lowest BCUT2D eigenvalue weighted by molar-refractivity contribution is -0.155. The van der Waals surface area contributed by atoms with Crippen LogP contribution in [-0.4, -0.2) is 24.0 Å². The molecule has 0 atom stereocenters. The summed E-state index contributed by atoms with van der Waals surface area (Å²) in [5, 5.41) is 2.75. The third-order valence-electron chi connectivity index (χ3n) is 1.80. The maximum absolute atomic E-state index is 11.3. The van der Waals surface area contributed by atoms with Crippen molar-refractivity contribution in [1.29, 1.82) is 0 Å². The quantitative estimate of drug-likeness (QED) is 0.578. The van der Waals surface area contributed by atoms with Crippen molar-refractivity contribution in [2.75, 3.05) is 6.54 Å². The van der Waals surface area contributed by atoms with E-state index >= 15 is 0 Å². The maximum atomic E-state index is 11.3. The molecule has 1 N–H and O–H groups in total. The third-order valence-corrected chi connectivity index (χ3v) is 1.80. The van der Waals surface area contributed by atoms with E-state index in [9.17, 15) is 9.59 Å². The van der Waals surface area contributed by atoms with E-state index < -0.39 is 5.60 Å². The van der Waals surface area contributed by atoms with Gasteiger partial charge in [-0.3, -0.25) is 9.59 Å². The van der Waals surface area contributed by atoms with Crippen LogP contribution in [0.3, 0.4) is 0 Å². The SMILES string of the molecule is CC(C)C(=O)NCCCC(=O)OC(C)(C)C. The Balaban J connectivity index is 3.60. The lowest BCUT2D eigenvalue weighted by atomic mass is 10.2. The second kappa shape index (κ2) is 6.51. The Labute approximate surface area is 97.7 Å². The van der Waals surface area contributed by atoms with Crippen molar-refractivity contribution < 1.29 is 14.3 Å². The van der Waals surface area contributed by atoms with Crippen LogP contribution in [0.25, 0.3) is 0 Å². The Morgan fingerprint density at radius 3 is 2.25 bits per heavy atom. The molecule has 0 saturated carbocycles. The smallest absolute Gasteiger partial charge is 0.306 e. The van der Waals surface area contributed by atoms with Gasteiger partial charge in [-0.15, -0.1) is 0 Å². The summed E-state index contributed by atoms with van der Waals surface area (Å²) in [7, 11) is 0. The number of carbonyl (C=O) groups excluding carboxylic acids is 2. The molecule has 0 saturated heterocycles. The van der Waals surface area contributed by atoms with E-state index in [2.05, 4.69) is 5.32 Å². The first-order valence-electron chi connectivity index (χ1n) is 5.72. The van der Waals surface area contributed by atoms with Crippen LogP contribution in [0.5, 0.6) is 0 Å². The molecule has 0 fully saturated rings. The van der Waals surface area contributed by atoms with E-state index in [1.165, 1.54) is 0 Å². The highest BCUT2D eigenvalue weighted by Gasteiger charge is 2.15. The number of amides is 1. The van der Waals surface area contributed by atoms with Crippen molar-refractivity contribution in [3.63, 3.8) is 0 Å². The Hall–Kier alpha value is -1.06. The number of rotatable bonds is 5. The minimum absolute atomic E-state index is 0.0125. The zero-order valence-corrected chi connectivity index (χ0v) is 10.9. The van der Waals surface area contributed by atoms with Gasteiger partial charge in [-0.1, -0.05) is 13.8 Å². The number of carbonyl (C=O) groups is 2. The van der Waals surface area contributed by atoms with Gasteiger partial charge in [0.2, 0.25) is 5.91 Å². The fraction of sp³-hybridized carbons (Fsp3) is 0.833.